The summed E-state index contributed by atoms with van der Waals surface area (Å²) in [5.74, 6) is 1.46. The van der Waals surface area contributed by atoms with E-state index < -0.39 is 0 Å². The molecule has 6 nitrogen and oxygen atoms in total. The Hall–Kier alpha value is -1.77. The second-order valence-corrected chi connectivity index (χ2v) is 10.0. The molecule has 0 bridgehead atoms. The zero-order valence-corrected chi connectivity index (χ0v) is 19.6. The van der Waals surface area contributed by atoms with Crippen molar-refractivity contribution in [1.29, 1.82) is 0 Å². The van der Waals surface area contributed by atoms with Crippen molar-refractivity contribution in [3.05, 3.63) is 57.3 Å². The summed E-state index contributed by atoms with van der Waals surface area (Å²) in [5.41, 5.74) is 7.10. The highest BCUT2D eigenvalue weighted by molar-refractivity contribution is 9.10. The fourth-order valence-electron chi connectivity index (χ4n) is 3.86. The van der Waals surface area contributed by atoms with Gasteiger partial charge in [0.15, 0.2) is 5.17 Å². The summed E-state index contributed by atoms with van der Waals surface area (Å²) in [7, 11) is 0. The average molecular weight is 510 g/mol. The second kappa shape index (κ2) is 8.77. The number of amides is 1. The number of carbonyl (C=O) groups is 1. The molecule has 3 heterocycles. The molecule has 1 amide bonds. The molecule has 0 saturated heterocycles. The van der Waals surface area contributed by atoms with Crippen molar-refractivity contribution in [3.63, 3.8) is 0 Å². The van der Waals surface area contributed by atoms with E-state index in [1.807, 2.05) is 19.1 Å². The maximum atomic E-state index is 12.4. The maximum absolute atomic E-state index is 12.4. The summed E-state index contributed by atoms with van der Waals surface area (Å²) >= 11 is 11.0. The third kappa shape index (κ3) is 4.60. The van der Waals surface area contributed by atoms with Crippen molar-refractivity contribution in [3.8, 4) is 5.75 Å². The Morgan fingerprint density at radius 2 is 2.30 bits per heavy atom. The number of pyridine rings is 1. The molecule has 0 saturated carbocycles. The van der Waals surface area contributed by atoms with Gasteiger partial charge in [0, 0.05) is 34.4 Å². The fraction of sp³-hybridized carbons (Fsp3) is 0.381. The van der Waals surface area contributed by atoms with E-state index in [-0.39, 0.29) is 23.6 Å². The van der Waals surface area contributed by atoms with Crippen LogP contribution in [0.15, 0.2) is 46.0 Å². The Labute approximate surface area is 193 Å². The zero-order chi connectivity index (χ0) is 21.3. The van der Waals surface area contributed by atoms with Gasteiger partial charge in [0.25, 0.3) is 5.91 Å². The van der Waals surface area contributed by atoms with Crippen LogP contribution in [0.1, 0.15) is 42.2 Å². The van der Waals surface area contributed by atoms with Gasteiger partial charge in [-0.2, -0.15) is 0 Å². The largest absolute Gasteiger partial charge is 0.490 e. The molecular formula is C21H22BrClN4O2S. The molecular weight excluding hydrogens is 488 g/mol. The number of aliphatic imine (C=N–C) groups is 1. The minimum Gasteiger partial charge on any atom is -0.490 e. The first-order valence-electron chi connectivity index (χ1n) is 9.72. The van der Waals surface area contributed by atoms with Gasteiger partial charge < -0.3 is 15.8 Å². The Kier molecular flexibility index (Phi) is 6.27. The summed E-state index contributed by atoms with van der Waals surface area (Å²) in [5, 5.41) is 4.12. The van der Waals surface area contributed by atoms with Crippen LogP contribution < -0.4 is 15.8 Å². The minimum absolute atomic E-state index is 0.00179. The van der Waals surface area contributed by atoms with Crippen LogP contribution in [0.3, 0.4) is 0 Å². The van der Waals surface area contributed by atoms with E-state index in [9.17, 15) is 4.79 Å². The number of fused-ring (bicyclic) bond motifs is 2. The molecule has 1 aromatic carbocycles. The number of aromatic nitrogens is 1. The number of nitrogens with zero attached hydrogens (tertiary/aromatic N) is 2. The van der Waals surface area contributed by atoms with Gasteiger partial charge in [-0.3, -0.25) is 9.79 Å². The summed E-state index contributed by atoms with van der Waals surface area (Å²) in [6.45, 7) is 1.99. The van der Waals surface area contributed by atoms with Crippen LogP contribution >= 0.6 is 39.3 Å². The molecule has 3 atom stereocenters. The van der Waals surface area contributed by atoms with Crippen LogP contribution in [-0.4, -0.2) is 34.0 Å². The third-order valence-electron chi connectivity index (χ3n) is 5.34. The lowest BCUT2D eigenvalue weighted by molar-refractivity contribution is 0.0917. The van der Waals surface area contributed by atoms with Crippen molar-refractivity contribution in [2.45, 2.75) is 43.9 Å². The maximum Gasteiger partial charge on any atom is 0.270 e. The molecule has 0 aliphatic carbocycles. The first-order chi connectivity index (χ1) is 14.3. The van der Waals surface area contributed by atoms with Crippen molar-refractivity contribution < 1.29 is 9.53 Å². The Balaban J connectivity index is 1.41. The van der Waals surface area contributed by atoms with E-state index in [1.165, 1.54) is 6.20 Å². The summed E-state index contributed by atoms with van der Waals surface area (Å²) < 4.78 is 7.28. The number of rotatable bonds is 5. The number of amidine groups is 1. The SMILES string of the molecule is CC(CC[C@H]1CC2(CSC(N)=N2)c2cc(Br)ccc2O1)NC(=O)c1ccc(Cl)cn1. The molecule has 3 N–H and O–H groups in total. The van der Waals surface area contributed by atoms with E-state index in [0.717, 1.165) is 40.8 Å². The number of carbonyl (C=O) groups excluding carboxylic acids is 1. The van der Waals surface area contributed by atoms with Crippen LogP contribution in [0.25, 0.3) is 0 Å². The van der Waals surface area contributed by atoms with Crippen LogP contribution in [0.2, 0.25) is 5.02 Å². The predicted molar refractivity (Wildman–Crippen MR) is 124 cm³/mol. The van der Waals surface area contributed by atoms with Gasteiger partial charge in [-0.15, -0.1) is 0 Å². The van der Waals surface area contributed by atoms with E-state index in [2.05, 4.69) is 32.3 Å². The van der Waals surface area contributed by atoms with Gasteiger partial charge in [-0.25, -0.2) is 4.98 Å². The number of nitrogens with two attached hydrogens (primary N) is 1. The Morgan fingerprint density at radius 1 is 1.47 bits per heavy atom. The molecule has 2 aliphatic rings. The van der Waals surface area contributed by atoms with E-state index >= 15 is 0 Å². The standard InChI is InChI=1S/C21H22BrClN4O2S/c1-12(26-19(28)17-6-4-14(23)10-25-17)2-5-15-9-21(11-30-20(24)27-21)16-8-13(22)3-7-18(16)29-15/h3-4,6-8,10,12,15H,2,5,9,11H2,1H3,(H2,24,27)(H,26,28)/t12?,15-,21?/m0/s1. The van der Waals surface area contributed by atoms with E-state index in [0.29, 0.717) is 15.9 Å². The highest BCUT2D eigenvalue weighted by atomic mass is 79.9. The van der Waals surface area contributed by atoms with Gasteiger partial charge >= 0.3 is 0 Å². The van der Waals surface area contributed by atoms with E-state index in [4.69, 9.17) is 27.1 Å². The van der Waals surface area contributed by atoms with Crippen molar-refractivity contribution in [2.24, 2.45) is 10.7 Å². The zero-order valence-electron chi connectivity index (χ0n) is 16.4. The number of nitrogens with one attached hydrogen (secondary N) is 1. The molecule has 0 radical (unpaired) electrons. The molecule has 2 aromatic rings. The number of ether oxygens (including phenoxy) is 1. The fourth-order valence-corrected chi connectivity index (χ4v) is 5.30. The average Bonchev–Trinajstić information content (AvgIpc) is 3.08. The summed E-state index contributed by atoms with van der Waals surface area (Å²) in [6, 6.07) is 9.30. The molecule has 30 heavy (non-hydrogen) atoms. The molecule has 1 spiro atoms. The lowest BCUT2D eigenvalue weighted by Crippen LogP contribution is -2.39. The van der Waals surface area contributed by atoms with E-state index in [1.54, 1.807) is 23.9 Å². The first kappa shape index (κ1) is 21.5. The number of hydrogen-bond donors (Lipinski definition) is 2. The van der Waals surface area contributed by atoms with Crippen molar-refractivity contribution in [2.75, 3.05) is 5.75 Å². The van der Waals surface area contributed by atoms with Crippen LogP contribution in [0.5, 0.6) is 5.75 Å². The van der Waals surface area contributed by atoms with Gasteiger partial charge in [-0.1, -0.05) is 39.3 Å². The monoisotopic (exact) mass is 508 g/mol. The Morgan fingerprint density at radius 3 is 3.00 bits per heavy atom. The highest BCUT2D eigenvalue weighted by Gasteiger charge is 2.45. The molecule has 2 aliphatic heterocycles. The molecule has 158 valence electrons. The van der Waals surface area contributed by atoms with Gasteiger partial charge in [0.05, 0.1) is 5.02 Å². The van der Waals surface area contributed by atoms with Gasteiger partial charge in [0.1, 0.15) is 23.1 Å². The van der Waals surface area contributed by atoms with Crippen LogP contribution in [-0.2, 0) is 5.54 Å². The van der Waals surface area contributed by atoms with Gasteiger partial charge in [-0.05, 0) is 50.1 Å². The lowest BCUT2D eigenvalue weighted by Gasteiger charge is -2.38. The first-order valence-corrected chi connectivity index (χ1v) is 11.9. The number of halogens is 2. The Bertz CT molecular complexity index is 987. The van der Waals surface area contributed by atoms with Crippen molar-refractivity contribution >= 4 is 50.4 Å². The minimum atomic E-state index is -0.351. The van der Waals surface area contributed by atoms with Crippen LogP contribution in [0.4, 0.5) is 0 Å². The second-order valence-electron chi connectivity index (χ2n) is 7.67. The van der Waals surface area contributed by atoms with Gasteiger partial charge in [0.2, 0.25) is 0 Å². The van der Waals surface area contributed by atoms with Crippen LogP contribution in [0, 0.1) is 0 Å². The lowest BCUT2D eigenvalue weighted by atomic mass is 9.82. The topological polar surface area (TPSA) is 89.6 Å². The summed E-state index contributed by atoms with van der Waals surface area (Å²) in [4.78, 5) is 21.2. The normalized spacial score (nSPS) is 23.4. The molecule has 2 unspecified atom stereocenters. The van der Waals surface area contributed by atoms with Crippen molar-refractivity contribution in [1.82, 2.24) is 10.3 Å². The highest BCUT2D eigenvalue weighted by Crippen LogP contribution is 2.48. The number of benzene rings is 1. The summed E-state index contributed by atoms with van der Waals surface area (Å²) in [6.07, 6.45) is 3.81. The molecule has 4 rings (SSSR count). The smallest absolute Gasteiger partial charge is 0.270 e. The number of hydrogen-bond acceptors (Lipinski definition) is 6. The predicted octanol–water partition coefficient (Wildman–Crippen LogP) is 4.50. The molecule has 9 heteroatoms. The third-order valence-corrected chi connectivity index (χ3v) is 7.07. The quantitative estimate of drug-likeness (QED) is 0.619. The number of thioether (sulfide) groups is 1. The molecule has 1 aromatic heterocycles. The molecule has 0 fully saturated rings.